The first-order valence-electron chi connectivity index (χ1n) is 11.0. The van der Waals surface area contributed by atoms with Crippen LogP contribution in [0.1, 0.15) is 64.2 Å². The molecular weight excluding hydrogens is 308 g/mol. The van der Waals surface area contributed by atoms with Crippen LogP contribution in [-0.4, -0.2) is 23.1 Å². The van der Waals surface area contributed by atoms with Crippen LogP contribution in [0.4, 0.5) is 0 Å². The lowest BCUT2D eigenvalue weighted by Crippen LogP contribution is -2.65. The second kappa shape index (κ2) is 5.37. The smallest absolute Gasteiger partial charge is 0.206 e. The average molecular weight is 343 g/mol. The molecule has 0 aromatic carbocycles. The molecular formula is C21H34N4. The first-order chi connectivity index (χ1) is 12.1. The maximum Gasteiger partial charge on any atom is 0.206 e. The van der Waals surface area contributed by atoms with Crippen molar-refractivity contribution in [3.8, 4) is 0 Å². The molecule has 8 aliphatic carbocycles. The minimum Gasteiger partial charge on any atom is -0.352 e. The Hall–Kier alpha value is -0.770. The SMILES string of the molecule is N=C(NC1C2CC3CC(C2)CC1C3)N(N)C1C2CC3CC(C2)CC1C3. The van der Waals surface area contributed by atoms with Gasteiger partial charge in [-0.1, -0.05) is 0 Å². The molecule has 0 unspecified atom stereocenters. The van der Waals surface area contributed by atoms with Crippen LogP contribution >= 0.6 is 0 Å². The minimum absolute atomic E-state index is 0.435. The lowest BCUT2D eigenvalue weighted by molar-refractivity contribution is -0.0483. The standard InChI is InChI=1S/C21H34N4/c22-21(24-19-15-3-11-1-12(5-15)6-16(19)4-11)25(23)20-17-7-13-2-14(9-17)10-18(20)8-13/h11-20H,1-10,23H2,(H2,22,24). The fourth-order valence-corrected chi connectivity index (χ4v) is 8.89. The molecule has 8 saturated carbocycles. The van der Waals surface area contributed by atoms with Gasteiger partial charge in [-0.3, -0.25) is 10.4 Å². The molecule has 138 valence electrons. The molecule has 0 aliphatic heterocycles. The Kier molecular flexibility index (Phi) is 3.29. The van der Waals surface area contributed by atoms with Gasteiger partial charge < -0.3 is 5.32 Å². The maximum atomic E-state index is 8.74. The Morgan fingerprint density at radius 2 is 1.08 bits per heavy atom. The van der Waals surface area contributed by atoms with Crippen molar-refractivity contribution in [3.05, 3.63) is 0 Å². The van der Waals surface area contributed by atoms with Crippen molar-refractivity contribution in [1.82, 2.24) is 10.3 Å². The van der Waals surface area contributed by atoms with Crippen LogP contribution in [0.3, 0.4) is 0 Å². The second-order valence-corrected chi connectivity index (χ2v) is 10.8. The van der Waals surface area contributed by atoms with Crippen LogP contribution in [0.5, 0.6) is 0 Å². The molecule has 0 atom stereocenters. The predicted molar refractivity (Wildman–Crippen MR) is 98.6 cm³/mol. The Morgan fingerprint density at radius 1 is 0.680 bits per heavy atom. The number of nitrogens with two attached hydrogens (primary N) is 1. The van der Waals surface area contributed by atoms with Crippen molar-refractivity contribution < 1.29 is 0 Å². The van der Waals surface area contributed by atoms with E-state index in [1.165, 1.54) is 64.2 Å². The second-order valence-electron chi connectivity index (χ2n) is 10.8. The number of nitrogens with zero attached hydrogens (tertiary/aromatic N) is 1. The summed E-state index contributed by atoms with van der Waals surface area (Å²) in [6, 6.07) is 0.966. The third kappa shape index (κ3) is 2.32. The summed E-state index contributed by atoms with van der Waals surface area (Å²) in [4.78, 5) is 0. The highest BCUT2D eigenvalue weighted by Gasteiger charge is 2.52. The number of nitrogens with one attached hydrogen (secondary N) is 2. The van der Waals surface area contributed by atoms with Gasteiger partial charge in [-0.05, 0) is 112 Å². The van der Waals surface area contributed by atoms with Gasteiger partial charge in [0.15, 0.2) is 0 Å². The first-order valence-corrected chi connectivity index (χ1v) is 11.0. The van der Waals surface area contributed by atoms with Gasteiger partial charge in [0.25, 0.3) is 0 Å². The molecule has 0 amide bonds. The maximum absolute atomic E-state index is 8.74. The van der Waals surface area contributed by atoms with Crippen molar-refractivity contribution >= 4 is 5.96 Å². The van der Waals surface area contributed by atoms with E-state index in [-0.39, 0.29) is 0 Å². The largest absolute Gasteiger partial charge is 0.352 e. The third-order valence-corrected chi connectivity index (χ3v) is 9.29. The molecule has 0 heterocycles. The molecule has 0 radical (unpaired) electrons. The topological polar surface area (TPSA) is 65.1 Å². The Labute approximate surface area is 151 Å². The Balaban J connectivity index is 1.16. The number of hydrogen-bond acceptors (Lipinski definition) is 2. The van der Waals surface area contributed by atoms with Gasteiger partial charge in [-0.2, -0.15) is 0 Å². The zero-order valence-electron chi connectivity index (χ0n) is 15.4. The molecule has 4 N–H and O–H groups in total. The molecule has 8 rings (SSSR count). The lowest BCUT2D eigenvalue weighted by atomic mass is 9.54. The molecule has 25 heavy (non-hydrogen) atoms. The van der Waals surface area contributed by atoms with E-state index >= 15 is 0 Å². The third-order valence-electron chi connectivity index (χ3n) is 9.29. The lowest BCUT2D eigenvalue weighted by Gasteiger charge is -2.57. The Bertz CT molecular complexity index is 516. The summed E-state index contributed by atoms with van der Waals surface area (Å²) in [7, 11) is 0. The van der Waals surface area contributed by atoms with Crippen LogP contribution in [0.25, 0.3) is 0 Å². The van der Waals surface area contributed by atoms with E-state index < -0.39 is 0 Å². The average Bonchev–Trinajstić information content (AvgIpc) is 2.56. The zero-order chi connectivity index (χ0) is 16.7. The van der Waals surface area contributed by atoms with Crippen LogP contribution in [0.15, 0.2) is 0 Å². The van der Waals surface area contributed by atoms with E-state index in [1.54, 1.807) is 0 Å². The highest BCUT2D eigenvalue weighted by molar-refractivity contribution is 5.77. The van der Waals surface area contributed by atoms with Gasteiger partial charge in [0.05, 0.1) is 6.04 Å². The monoisotopic (exact) mass is 342 g/mol. The van der Waals surface area contributed by atoms with Gasteiger partial charge in [0, 0.05) is 6.04 Å². The Morgan fingerprint density at radius 3 is 1.52 bits per heavy atom. The number of guanidine groups is 1. The summed E-state index contributed by atoms with van der Waals surface area (Å²) in [5, 5.41) is 14.3. The van der Waals surface area contributed by atoms with E-state index in [9.17, 15) is 0 Å². The molecule has 0 aromatic rings. The van der Waals surface area contributed by atoms with Crippen molar-refractivity contribution in [1.29, 1.82) is 5.41 Å². The van der Waals surface area contributed by atoms with Crippen molar-refractivity contribution in [2.45, 2.75) is 76.3 Å². The summed E-state index contributed by atoms with van der Waals surface area (Å²) in [6.07, 6.45) is 14.1. The van der Waals surface area contributed by atoms with E-state index in [2.05, 4.69) is 5.32 Å². The summed E-state index contributed by atoms with van der Waals surface area (Å²) >= 11 is 0. The molecule has 8 bridgehead atoms. The van der Waals surface area contributed by atoms with Gasteiger partial charge in [0.1, 0.15) is 0 Å². The number of rotatable bonds is 2. The fourth-order valence-electron chi connectivity index (χ4n) is 8.89. The zero-order valence-corrected chi connectivity index (χ0v) is 15.4. The summed E-state index contributed by atoms with van der Waals surface area (Å²) in [5.41, 5.74) is 0. The van der Waals surface area contributed by atoms with E-state index in [0.29, 0.717) is 18.0 Å². The van der Waals surface area contributed by atoms with Crippen LogP contribution in [0, 0.1) is 52.8 Å². The van der Waals surface area contributed by atoms with Gasteiger partial charge in [-0.15, -0.1) is 0 Å². The van der Waals surface area contributed by atoms with Crippen LogP contribution in [-0.2, 0) is 0 Å². The molecule has 0 spiro atoms. The quantitative estimate of drug-likeness (QED) is 0.312. The predicted octanol–water partition coefficient (Wildman–Crippen LogP) is 3.34. The first kappa shape index (κ1) is 15.3. The number of hydrogen-bond donors (Lipinski definition) is 3. The molecule has 8 aliphatic rings. The molecule has 4 heteroatoms. The van der Waals surface area contributed by atoms with Crippen LogP contribution in [0.2, 0.25) is 0 Å². The van der Waals surface area contributed by atoms with Gasteiger partial charge in [-0.25, -0.2) is 5.84 Å². The summed E-state index contributed by atoms with van der Waals surface area (Å²) in [5.74, 6) is 14.2. The van der Waals surface area contributed by atoms with E-state index in [4.69, 9.17) is 11.3 Å². The molecule has 0 saturated heterocycles. The fraction of sp³-hybridized carbons (Fsp3) is 0.952. The summed E-state index contributed by atoms with van der Waals surface area (Å²) in [6.45, 7) is 0. The normalized spacial score (nSPS) is 54.8. The van der Waals surface area contributed by atoms with Gasteiger partial charge >= 0.3 is 0 Å². The molecule has 0 aromatic heterocycles. The highest BCUT2D eigenvalue weighted by atomic mass is 15.5. The number of hydrazine groups is 1. The van der Waals surface area contributed by atoms with E-state index in [0.717, 1.165) is 47.3 Å². The van der Waals surface area contributed by atoms with Gasteiger partial charge in [0.2, 0.25) is 5.96 Å². The summed E-state index contributed by atoms with van der Waals surface area (Å²) < 4.78 is 0. The van der Waals surface area contributed by atoms with Crippen LogP contribution < -0.4 is 11.2 Å². The highest BCUT2D eigenvalue weighted by Crippen LogP contribution is 2.55. The van der Waals surface area contributed by atoms with Crippen molar-refractivity contribution in [2.75, 3.05) is 0 Å². The molecule has 8 fully saturated rings. The van der Waals surface area contributed by atoms with Crippen molar-refractivity contribution in [3.63, 3.8) is 0 Å². The van der Waals surface area contributed by atoms with E-state index in [1.807, 2.05) is 5.01 Å². The van der Waals surface area contributed by atoms with Crippen molar-refractivity contribution in [2.24, 2.45) is 53.2 Å². The molecule has 4 nitrogen and oxygen atoms in total. The minimum atomic E-state index is 0.435.